The third kappa shape index (κ3) is 6.25. The minimum atomic E-state index is 0.0866. The Morgan fingerprint density at radius 1 is 1.16 bits per heavy atom. The first kappa shape index (κ1) is 23.1. The molecule has 1 saturated carbocycles. The minimum Gasteiger partial charge on any atom is -0.378 e. The van der Waals surface area contributed by atoms with Crippen LogP contribution in [0.1, 0.15) is 61.9 Å². The lowest BCUT2D eigenvalue weighted by Crippen LogP contribution is -2.37. The van der Waals surface area contributed by atoms with Crippen molar-refractivity contribution in [2.45, 2.75) is 89.2 Å². The zero-order valence-corrected chi connectivity index (χ0v) is 20.0. The molecule has 2 fully saturated rings. The number of amides is 1. The summed E-state index contributed by atoms with van der Waals surface area (Å²) < 4.78 is 8.00. The number of nitrogens with one attached hydrogen (secondary N) is 2. The largest absolute Gasteiger partial charge is 0.378 e. The Labute approximate surface area is 195 Å². The Morgan fingerprint density at radius 2 is 2.00 bits per heavy atom. The van der Waals surface area contributed by atoms with E-state index in [1.165, 1.54) is 42.2 Å². The highest BCUT2D eigenvalue weighted by Crippen LogP contribution is 2.23. The third-order valence-corrected chi connectivity index (χ3v) is 7.29. The third-order valence-electron chi connectivity index (χ3n) is 6.33. The van der Waals surface area contributed by atoms with Crippen LogP contribution >= 0.6 is 11.8 Å². The van der Waals surface area contributed by atoms with Gasteiger partial charge in [0.2, 0.25) is 5.91 Å². The number of rotatable bonds is 9. The van der Waals surface area contributed by atoms with Gasteiger partial charge in [-0.3, -0.25) is 4.79 Å². The van der Waals surface area contributed by atoms with E-state index in [2.05, 4.69) is 57.4 Å². The normalized spacial score (nSPS) is 19.2. The van der Waals surface area contributed by atoms with E-state index in [9.17, 15) is 4.79 Å². The van der Waals surface area contributed by atoms with Gasteiger partial charge in [0.1, 0.15) is 0 Å². The lowest BCUT2D eigenvalue weighted by atomic mass is 9.95. The Morgan fingerprint density at radius 3 is 2.75 bits per heavy atom. The fraction of sp³-hybridized carbons (Fsp3) is 0.625. The first-order valence-corrected chi connectivity index (χ1v) is 12.8. The molecule has 7 nitrogen and oxygen atoms in total. The van der Waals surface area contributed by atoms with Crippen LogP contribution in [0, 0.1) is 13.8 Å². The number of aryl methyl sites for hydroxylation is 2. The molecule has 174 valence electrons. The number of anilines is 1. The average Bonchev–Trinajstić information content (AvgIpc) is 3.43. The monoisotopic (exact) mass is 457 g/mol. The van der Waals surface area contributed by atoms with E-state index in [0.29, 0.717) is 18.3 Å². The molecule has 32 heavy (non-hydrogen) atoms. The molecule has 2 heterocycles. The topological polar surface area (TPSA) is 81.1 Å². The summed E-state index contributed by atoms with van der Waals surface area (Å²) in [4.78, 5) is 12.5. The number of carbonyl (C=O) groups excluding carboxylic acids is 1. The molecule has 4 rings (SSSR count). The molecular formula is C24H35N5O2S. The molecule has 1 aliphatic carbocycles. The van der Waals surface area contributed by atoms with E-state index in [4.69, 9.17) is 4.74 Å². The first-order valence-electron chi connectivity index (χ1n) is 11.9. The molecule has 0 bridgehead atoms. The second kappa shape index (κ2) is 11.2. The fourth-order valence-electron chi connectivity index (χ4n) is 4.56. The number of carbonyl (C=O) groups is 1. The lowest BCUT2D eigenvalue weighted by molar-refractivity contribution is -0.119. The standard InChI is InChI=1S/C24H35N5O2S/c1-17-10-11-21(18(2)13-17)25-14-22-27-28-24(29(22)15-20-9-6-12-31-20)32-16-23(30)26-19-7-4-3-5-8-19/h10-11,13,19-20,25H,3-9,12,14-16H2,1-2H3,(H,26,30). The second-order valence-corrected chi connectivity index (χ2v) is 9.95. The highest BCUT2D eigenvalue weighted by molar-refractivity contribution is 7.99. The van der Waals surface area contributed by atoms with Crippen LogP contribution in [-0.2, 0) is 22.6 Å². The van der Waals surface area contributed by atoms with Crippen molar-refractivity contribution in [2.24, 2.45) is 0 Å². The molecular weight excluding hydrogens is 422 g/mol. The van der Waals surface area contributed by atoms with Gasteiger partial charge in [-0.05, 0) is 51.2 Å². The van der Waals surface area contributed by atoms with Gasteiger partial charge in [-0.2, -0.15) is 0 Å². The van der Waals surface area contributed by atoms with Crippen molar-refractivity contribution in [3.8, 4) is 0 Å². The van der Waals surface area contributed by atoms with Gasteiger partial charge in [0, 0.05) is 18.3 Å². The maximum Gasteiger partial charge on any atom is 0.230 e. The van der Waals surface area contributed by atoms with Gasteiger partial charge in [-0.1, -0.05) is 48.7 Å². The number of hydrogen-bond donors (Lipinski definition) is 2. The molecule has 1 atom stereocenters. The Bertz CT molecular complexity index is 904. The maximum atomic E-state index is 12.5. The SMILES string of the molecule is Cc1ccc(NCc2nnc(SCC(=O)NC3CCCCC3)n2CC2CCCO2)c(C)c1. The summed E-state index contributed by atoms with van der Waals surface area (Å²) in [6.45, 7) is 6.33. The van der Waals surface area contributed by atoms with Crippen LogP contribution < -0.4 is 10.6 Å². The Kier molecular flexibility index (Phi) is 8.08. The predicted molar refractivity (Wildman–Crippen MR) is 128 cm³/mol. The zero-order valence-electron chi connectivity index (χ0n) is 19.2. The van der Waals surface area contributed by atoms with Gasteiger partial charge in [-0.15, -0.1) is 10.2 Å². The van der Waals surface area contributed by atoms with Crippen molar-refractivity contribution in [3.63, 3.8) is 0 Å². The van der Waals surface area contributed by atoms with Crippen LogP contribution in [0.25, 0.3) is 0 Å². The second-order valence-electron chi connectivity index (χ2n) is 9.01. The maximum absolute atomic E-state index is 12.5. The van der Waals surface area contributed by atoms with E-state index in [0.717, 1.165) is 55.5 Å². The number of hydrogen-bond acceptors (Lipinski definition) is 6. The number of thioether (sulfide) groups is 1. The molecule has 2 aliphatic rings. The Balaban J connectivity index is 1.40. The minimum absolute atomic E-state index is 0.0866. The lowest BCUT2D eigenvalue weighted by Gasteiger charge is -2.22. The van der Waals surface area contributed by atoms with Gasteiger partial charge in [0.15, 0.2) is 11.0 Å². The predicted octanol–water partition coefficient (Wildman–Crippen LogP) is 4.23. The summed E-state index contributed by atoms with van der Waals surface area (Å²) in [7, 11) is 0. The first-order chi connectivity index (χ1) is 15.6. The van der Waals surface area contributed by atoms with E-state index in [1.54, 1.807) is 0 Å². The summed E-state index contributed by atoms with van der Waals surface area (Å²) in [5, 5.41) is 16.4. The van der Waals surface area contributed by atoms with Crippen LogP contribution in [0.4, 0.5) is 5.69 Å². The molecule has 1 unspecified atom stereocenters. The van der Waals surface area contributed by atoms with Crippen LogP contribution in [0.5, 0.6) is 0 Å². The summed E-state index contributed by atoms with van der Waals surface area (Å²) in [6.07, 6.45) is 8.23. The molecule has 2 aromatic rings. The van der Waals surface area contributed by atoms with Crippen molar-refractivity contribution in [2.75, 3.05) is 17.7 Å². The van der Waals surface area contributed by atoms with Gasteiger partial charge in [0.25, 0.3) is 0 Å². The van der Waals surface area contributed by atoms with Crippen molar-refractivity contribution < 1.29 is 9.53 Å². The highest BCUT2D eigenvalue weighted by atomic mass is 32.2. The molecule has 0 radical (unpaired) electrons. The van der Waals surface area contributed by atoms with Gasteiger partial charge in [0.05, 0.1) is 24.9 Å². The van der Waals surface area contributed by atoms with Crippen LogP contribution in [-0.4, -0.2) is 45.2 Å². The highest BCUT2D eigenvalue weighted by Gasteiger charge is 2.22. The van der Waals surface area contributed by atoms with Gasteiger partial charge in [-0.25, -0.2) is 0 Å². The molecule has 1 aromatic carbocycles. The molecule has 1 aliphatic heterocycles. The van der Waals surface area contributed by atoms with Crippen molar-refractivity contribution in [3.05, 3.63) is 35.2 Å². The quantitative estimate of drug-likeness (QED) is 0.549. The van der Waals surface area contributed by atoms with Crippen LogP contribution in [0.2, 0.25) is 0 Å². The molecule has 2 N–H and O–H groups in total. The molecule has 8 heteroatoms. The van der Waals surface area contributed by atoms with Crippen molar-refractivity contribution >= 4 is 23.4 Å². The summed E-state index contributed by atoms with van der Waals surface area (Å²) >= 11 is 1.47. The number of ether oxygens (including phenoxy) is 1. The average molecular weight is 458 g/mol. The molecule has 1 amide bonds. The number of aromatic nitrogens is 3. The molecule has 0 spiro atoms. The van der Waals surface area contributed by atoms with Gasteiger partial charge < -0.3 is 19.9 Å². The fourth-order valence-corrected chi connectivity index (χ4v) is 5.34. The van der Waals surface area contributed by atoms with Crippen LogP contribution in [0.3, 0.4) is 0 Å². The van der Waals surface area contributed by atoms with E-state index >= 15 is 0 Å². The van der Waals surface area contributed by atoms with E-state index < -0.39 is 0 Å². The zero-order chi connectivity index (χ0) is 22.3. The van der Waals surface area contributed by atoms with Crippen LogP contribution in [0.15, 0.2) is 23.4 Å². The molecule has 1 aromatic heterocycles. The number of nitrogens with zero attached hydrogens (tertiary/aromatic N) is 3. The number of benzene rings is 1. The summed E-state index contributed by atoms with van der Waals surface area (Å²) in [5.74, 6) is 1.32. The summed E-state index contributed by atoms with van der Waals surface area (Å²) in [5.41, 5.74) is 3.56. The van der Waals surface area contributed by atoms with E-state index in [-0.39, 0.29) is 12.0 Å². The molecule has 1 saturated heterocycles. The van der Waals surface area contributed by atoms with Gasteiger partial charge >= 0.3 is 0 Å². The smallest absolute Gasteiger partial charge is 0.230 e. The summed E-state index contributed by atoms with van der Waals surface area (Å²) in [6, 6.07) is 6.72. The van der Waals surface area contributed by atoms with E-state index in [1.807, 2.05) is 0 Å². The van der Waals surface area contributed by atoms with Crippen molar-refractivity contribution in [1.29, 1.82) is 0 Å². The Hall–Kier alpha value is -2.06. The van der Waals surface area contributed by atoms with Crippen molar-refractivity contribution in [1.82, 2.24) is 20.1 Å².